The Labute approximate surface area is 143 Å². The molecule has 0 unspecified atom stereocenters. The normalized spacial score (nSPS) is 5.68. The van der Waals surface area contributed by atoms with Gasteiger partial charge in [0.1, 0.15) is 0 Å². The van der Waals surface area contributed by atoms with Gasteiger partial charge in [-0.3, -0.25) is 0 Å². The van der Waals surface area contributed by atoms with E-state index in [0.717, 1.165) is 40.6 Å². The zero-order chi connectivity index (χ0) is 16.2. The standard InChI is InChI=1S/3C4H9.3CH4O.Zr/c3*1-3-4-2;3*1-2;/h3*1,3-4H2,2H3;3*2H,1H3;/q3*-1;;;;+3. The SMILES string of the molecule is CO.CO.CO.[CH2-]CCC.[CH2-]CCC.[CH2-]CCC.[Zr+3]. The molecule has 0 heterocycles. The van der Waals surface area contributed by atoms with Crippen LogP contribution in [-0.2, 0) is 26.2 Å². The molecule has 3 nitrogen and oxygen atoms in total. The number of aliphatic hydroxyl groups excluding tert-OH is 3. The molecule has 0 saturated heterocycles. The Morgan fingerprint density at radius 1 is 0.526 bits per heavy atom. The minimum absolute atomic E-state index is 0. The monoisotopic (exact) mass is 357 g/mol. The Bertz CT molecular complexity index is 32.9. The minimum atomic E-state index is 0. The zero-order valence-corrected chi connectivity index (χ0v) is 16.7. The molecule has 121 valence electrons. The molecule has 19 heavy (non-hydrogen) atoms. The Morgan fingerprint density at radius 3 is 0.579 bits per heavy atom. The van der Waals surface area contributed by atoms with Gasteiger partial charge < -0.3 is 36.1 Å². The molecule has 0 rings (SSSR count). The molecule has 0 aliphatic heterocycles. The smallest absolute Gasteiger partial charge is 0.400 e. The van der Waals surface area contributed by atoms with Crippen molar-refractivity contribution in [1.29, 1.82) is 0 Å². The van der Waals surface area contributed by atoms with Crippen LogP contribution < -0.4 is 0 Å². The Morgan fingerprint density at radius 2 is 0.579 bits per heavy atom. The number of aliphatic hydroxyl groups is 3. The van der Waals surface area contributed by atoms with Crippen LogP contribution in [0.5, 0.6) is 0 Å². The van der Waals surface area contributed by atoms with Gasteiger partial charge in [0.25, 0.3) is 0 Å². The summed E-state index contributed by atoms with van der Waals surface area (Å²) in [6.45, 7) is 17.2. The second-order valence-electron chi connectivity index (χ2n) is 2.56. The van der Waals surface area contributed by atoms with Crippen LogP contribution in [0.25, 0.3) is 0 Å². The van der Waals surface area contributed by atoms with Crippen LogP contribution in [0.15, 0.2) is 0 Å². The number of hydrogen-bond acceptors (Lipinski definition) is 3. The summed E-state index contributed by atoms with van der Waals surface area (Å²) in [6, 6.07) is 0. The first-order valence-electron chi connectivity index (χ1n) is 6.46. The molecule has 0 atom stereocenters. The summed E-state index contributed by atoms with van der Waals surface area (Å²) in [4.78, 5) is 0. The largest absolute Gasteiger partial charge is 3.00 e. The van der Waals surface area contributed by atoms with E-state index >= 15 is 0 Å². The summed E-state index contributed by atoms with van der Waals surface area (Å²) in [5, 5.41) is 21.0. The predicted octanol–water partition coefficient (Wildman–Crippen LogP) is 3.68. The maximum absolute atomic E-state index is 7.00. The Balaban J connectivity index is -0.0000000186. The van der Waals surface area contributed by atoms with E-state index in [1.54, 1.807) is 0 Å². The average molecular weight is 359 g/mol. The second kappa shape index (κ2) is 129. The van der Waals surface area contributed by atoms with Crippen LogP contribution >= 0.6 is 0 Å². The summed E-state index contributed by atoms with van der Waals surface area (Å²) in [5.74, 6) is 0. The van der Waals surface area contributed by atoms with E-state index in [-0.39, 0.29) is 26.2 Å². The van der Waals surface area contributed by atoms with Crippen molar-refractivity contribution >= 4 is 0 Å². The van der Waals surface area contributed by atoms with Crippen LogP contribution in [0, 0.1) is 20.8 Å². The average Bonchev–Trinajstić information content (AvgIpc) is 2.53. The van der Waals surface area contributed by atoms with E-state index in [0.29, 0.717) is 0 Å². The first-order chi connectivity index (χ1) is 8.74. The van der Waals surface area contributed by atoms with Gasteiger partial charge in [0.05, 0.1) is 0 Å². The Kier molecular flexibility index (Phi) is 291. The van der Waals surface area contributed by atoms with Crippen LogP contribution in [0.1, 0.15) is 59.3 Å². The minimum Gasteiger partial charge on any atom is -0.400 e. The van der Waals surface area contributed by atoms with Crippen molar-refractivity contribution < 1.29 is 41.5 Å². The van der Waals surface area contributed by atoms with Crippen LogP contribution in [0.2, 0.25) is 0 Å². The van der Waals surface area contributed by atoms with Crippen LogP contribution in [-0.4, -0.2) is 36.6 Å². The summed E-state index contributed by atoms with van der Waals surface area (Å²) in [6.07, 6.45) is 6.83. The summed E-state index contributed by atoms with van der Waals surface area (Å²) >= 11 is 0. The molecule has 3 N–H and O–H groups in total. The maximum Gasteiger partial charge on any atom is 3.00 e. The summed E-state index contributed by atoms with van der Waals surface area (Å²) in [7, 11) is 3.00. The summed E-state index contributed by atoms with van der Waals surface area (Å²) in [5.41, 5.74) is 0. The van der Waals surface area contributed by atoms with E-state index in [2.05, 4.69) is 41.5 Å². The molecule has 0 spiro atoms. The molecule has 0 amide bonds. The van der Waals surface area contributed by atoms with Crippen molar-refractivity contribution in [2.45, 2.75) is 59.3 Å². The van der Waals surface area contributed by atoms with Crippen molar-refractivity contribution in [3.63, 3.8) is 0 Å². The molecule has 1 radical (unpaired) electrons. The van der Waals surface area contributed by atoms with Gasteiger partial charge in [-0.25, -0.2) is 0 Å². The molecule has 0 aliphatic carbocycles. The third-order valence-corrected chi connectivity index (χ3v) is 1.06. The molecular formula is C15H39O3Zr. The fourth-order valence-corrected chi connectivity index (χ4v) is 0. The molecular weight excluding hydrogens is 319 g/mol. The first kappa shape index (κ1) is 42.7. The van der Waals surface area contributed by atoms with Crippen LogP contribution in [0.3, 0.4) is 0 Å². The molecule has 0 aromatic carbocycles. The molecule has 0 fully saturated rings. The topological polar surface area (TPSA) is 60.7 Å². The molecule has 0 saturated carbocycles. The zero-order valence-electron chi connectivity index (χ0n) is 14.2. The van der Waals surface area contributed by atoms with Crippen LogP contribution in [0.4, 0.5) is 0 Å². The fourth-order valence-electron chi connectivity index (χ4n) is 0. The first-order valence-corrected chi connectivity index (χ1v) is 6.46. The fraction of sp³-hybridized carbons (Fsp3) is 0.800. The molecule has 0 aromatic heterocycles. The third kappa shape index (κ3) is 372. The maximum atomic E-state index is 7.00. The van der Waals surface area contributed by atoms with E-state index in [1.165, 1.54) is 19.3 Å². The van der Waals surface area contributed by atoms with Gasteiger partial charge in [-0.1, -0.05) is 40.0 Å². The number of hydrogen-bond donors (Lipinski definition) is 3. The van der Waals surface area contributed by atoms with Crippen molar-refractivity contribution in [3.05, 3.63) is 20.8 Å². The van der Waals surface area contributed by atoms with Crippen molar-refractivity contribution in [3.8, 4) is 0 Å². The molecule has 0 aliphatic rings. The van der Waals surface area contributed by atoms with Crippen molar-refractivity contribution in [1.82, 2.24) is 0 Å². The van der Waals surface area contributed by atoms with E-state index in [4.69, 9.17) is 15.3 Å². The van der Waals surface area contributed by atoms with E-state index in [9.17, 15) is 0 Å². The van der Waals surface area contributed by atoms with Gasteiger partial charge in [0.15, 0.2) is 0 Å². The van der Waals surface area contributed by atoms with Gasteiger partial charge in [0.2, 0.25) is 0 Å². The molecule has 0 aromatic rings. The summed E-state index contributed by atoms with van der Waals surface area (Å²) < 4.78 is 0. The van der Waals surface area contributed by atoms with Crippen molar-refractivity contribution in [2.24, 2.45) is 0 Å². The Hall–Kier alpha value is 0.763. The number of unbranched alkanes of at least 4 members (excludes halogenated alkanes) is 3. The van der Waals surface area contributed by atoms with Gasteiger partial charge in [-0.15, -0.1) is 0 Å². The number of rotatable bonds is 3. The second-order valence-corrected chi connectivity index (χ2v) is 2.56. The van der Waals surface area contributed by atoms with Gasteiger partial charge in [-0.05, 0) is 0 Å². The quantitative estimate of drug-likeness (QED) is 0.674. The molecule has 4 heteroatoms. The van der Waals surface area contributed by atoms with Gasteiger partial charge >= 0.3 is 26.2 Å². The third-order valence-electron chi connectivity index (χ3n) is 1.06. The van der Waals surface area contributed by atoms with Crippen molar-refractivity contribution in [2.75, 3.05) is 21.3 Å². The van der Waals surface area contributed by atoms with Gasteiger partial charge in [-0.2, -0.15) is 19.3 Å². The van der Waals surface area contributed by atoms with E-state index in [1.807, 2.05) is 0 Å². The van der Waals surface area contributed by atoms with Gasteiger partial charge in [0, 0.05) is 21.3 Å². The molecule has 0 bridgehead atoms. The predicted molar refractivity (Wildman–Crippen MR) is 85.2 cm³/mol. The van der Waals surface area contributed by atoms with E-state index < -0.39 is 0 Å².